The lowest BCUT2D eigenvalue weighted by molar-refractivity contribution is -0.115. The monoisotopic (exact) mass is 316 g/mol. The Hall–Kier alpha value is -0.590. The van der Waals surface area contributed by atoms with E-state index in [1.165, 1.54) is 82.6 Å². The van der Waals surface area contributed by atoms with Crippen molar-refractivity contribution in [3.8, 4) is 0 Å². The van der Waals surface area contributed by atoms with Gasteiger partial charge in [0.1, 0.15) is 0 Å². The molecule has 3 aliphatic rings. The third-order valence-corrected chi connectivity index (χ3v) is 7.06. The van der Waals surface area contributed by atoms with Crippen molar-refractivity contribution in [2.75, 3.05) is 0 Å². The first kappa shape index (κ1) is 17.2. The number of carbonyl (C=O) groups is 1. The summed E-state index contributed by atoms with van der Waals surface area (Å²) >= 11 is 0. The molecular weight excluding hydrogens is 280 g/mol. The minimum Gasteiger partial charge on any atom is -0.295 e. The van der Waals surface area contributed by atoms with Crippen molar-refractivity contribution < 1.29 is 4.79 Å². The molecule has 2 fully saturated rings. The lowest BCUT2D eigenvalue weighted by Gasteiger charge is -2.38. The minimum atomic E-state index is 0.388. The van der Waals surface area contributed by atoms with Gasteiger partial charge in [-0.25, -0.2) is 0 Å². The summed E-state index contributed by atoms with van der Waals surface area (Å²) < 4.78 is 0. The molecule has 0 aromatic carbocycles. The second-order valence-electron chi connectivity index (χ2n) is 8.57. The quantitative estimate of drug-likeness (QED) is 0.568. The van der Waals surface area contributed by atoms with E-state index in [2.05, 4.69) is 6.92 Å². The fourth-order valence-corrected chi connectivity index (χ4v) is 5.54. The second kappa shape index (κ2) is 8.49. The van der Waals surface area contributed by atoms with Crippen LogP contribution in [0.5, 0.6) is 0 Å². The van der Waals surface area contributed by atoms with Gasteiger partial charge in [-0.1, -0.05) is 44.6 Å². The molecule has 0 aromatic heterocycles. The van der Waals surface area contributed by atoms with Crippen LogP contribution in [0.3, 0.4) is 0 Å². The Bertz CT molecular complexity index is 406. The fourth-order valence-electron chi connectivity index (χ4n) is 5.54. The van der Waals surface area contributed by atoms with Crippen molar-refractivity contribution >= 4 is 5.78 Å². The summed E-state index contributed by atoms with van der Waals surface area (Å²) in [6.07, 6.45) is 21.0. The van der Waals surface area contributed by atoms with Crippen LogP contribution in [0.2, 0.25) is 0 Å². The third kappa shape index (κ3) is 4.70. The summed E-state index contributed by atoms with van der Waals surface area (Å²) in [6.45, 7) is 2.32. The highest BCUT2D eigenvalue weighted by Crippen LogP contribution is 2.44. The first-order valence-corrected chi connectivity index (χ1v) is 10.5. The van der Waals surface area contributed by atoms with Crippen molar-refractivity contribution in [2.24, 2.45) is 23.7 Å². The van der Waals surface area contributed by atoms with Crippen LogP contribution in [-0.4, -0.2) is 5.78 Å². The van der Waals surface area contributed by atoms with E-state index < -0.39 is 0 Å². The lowest BCUT2D eigenvalue weighted by atomic mass is 9.67. The van der Waals surface area contributed by atoms with E-state index in [1.54, 1.807) is 0 Å². The molecule has 0 heterocycles. The molecule has 1 nitrogen and oxygen atoms in total. The molecule has 2 saturated carbocycles. The highest BCUT2D eigenvalue weighted by atomic mass is 16.1. The molecule has 0 spiro atoms. The zero-order chi connectivity index (χ0) is 16.1. The maximum absolute atomic E-state index is 11.7. The van der Waals surface area contributed by atoms with Crippen molar-refractivity contribution in [3.63, 3.8) is 0 Å². The number of hydrogen-bond donors (Lipinski definition) is 0. The first-order chi connectivity index (χ1) is 11.3. The number of carbonyl (C=O) groups excluding carboxylic acids is 1. The highest BCUT2D eigenvalue weighted by Gasteiger charge is 2.32. The van der Waals surface area contributed by atoms with Gasteiger partial charge in [0.2, 0.25) is 0 Å². The molecule has 0 saturated heterocycles. The minimum absolute atomic E-state index is 0.388. The van der Waals surface area contributed by atoms with Gasteiger partial charge in [0.25, 0.3) is 0 Å². The Kier molecular flexibility index (Phi) is 6.36. The Morgan fingerprint density at radius 2 is 1.57 bits per heavy atom. The van der Waals surface area contributed by atoms with Crippen molar-refractivity contribution in [3.05, 3.63) is 11.6 Å². The van der Waals surface area contributed by atoms with E-state index in [0.717, 1.165) is 36.5 Å². The average Bonchev–Trinajstić information content (AvgIpc) is 2.61. The lowest BCUT2D eigenvalue weighted by Crippen LogP contribution is -2.26. The number of ketones is 1. The Labute approximate surface area is 143 Å². The molecule has 0 amide bonds. The van der Waals surface area contributed by atoms with Crippen LogP contribution < -0.4 is 0 Å². The largest absolute Gasteiger partial charge is 0.295 e. The molecule has 3 aliphatic carbocycles. The topological polar surface area (TPSA) is 17.1 Å². The summed E-state index contributed by atoms with van der Waals surface area (Å²) in [5.41, 5.74) is 1.50. The van der Waals surface area contributed by atoms with Crippen LogP contribution in [0.25, 0.3) is 0 Å². The number of unbranched alkanes of at least 4 members (excludes halogenated alkanes) is 1. The SMILES string of the molecule is CCCC[C@H]1CC[C@H](C2CCC(C3=CC(=O)CCC3)CC2)CC1. The summed E-state index contributed by atoms with van der Waals surface area (Å²) in [5.74, 6) is 4.20. The molecule has 0 atom stereocenters. The van der Waals surface area contributed by atoms with Crippen molar-refractivity contribution in [1.82, 2.24) is 0 Å². The molecule has 23 heavy (non-hydrogen) atoms. The number of allylic oxidation sites excluding steroid dienone is 2. The Balaban J connectivity index is 1.42. The Morgan fingerprint density at radius 3 is 2.17 bits per heavy atom. The molecule has 0 aromatic rings. The molecule has 0 N–H and O–H groups in total. The predicted octanol–water partition coefficient (Wildman–Crippen LogP) is 6.47. The maximum atomic E-state index is 11.7. The van der Waals surface area contributed by atoms with Crippen LogP contribution in [0.4, 0.5) is 0 Å². The predicted molar refractivity (Wildman–Crippen MR) is 97.4 cm³/mol. The van der Waals surface area contributed by atoms with Gasteiger partial charge in [-0.05, 0) is 81.1 Å². The van der Waals surface area contributed by atoms with Crippen LogP contribution in [-0.2, 0) is 4.79 Å². The van der Waals surface area contributed by atoms with Gasteiger partial charge in [-0.2, -0.15) is 0 Å². The van der Waals surface area contributed by atoms with Gasteiger partial charge < -0.3 is 0 Å². The van der Waals surface area contributed by atoms with Crippen LogP contribution in [0, 0.1) is 23.7 Å². The van der Waals surface area contributed by atoms with E-state index in [1.807, 2.05) is 6.08 Å². The van der Waals surface area contributed by atoms with Gasteiger partial charge in [0, 0.05) is 6.42 Å². The molecule has 0 bridgehead atoms. The second-order valence-corrected chi connectivity index (χ2v) is 8.57. The standard InChI is InChI=1S/C22H36O/c1-2-3-5-17-8-10-18(11-9-17)19-12-14-20(15-13-19)21-6-4-7-22(23)16-21/h16-20H,2-15H2,1H3/t17-,18-,19?,20?. The smallest absolute Gasteiger partial charge is 0.155 e. The van der Waals surface area contributed by atoms with Gasteiger partial charge >= 0.3 is 0 Å². The van der Waals surface area contributed by atoms with Crippen LogP contribution in [0.15, 0.2) is 11.6 Å². The van der Waals surface area contributed by atoms with E-state index >= 15 is 0 Å². The summed E-state index contributed by atoms with van der Waals surface area (Å²) in [7, 11) is 0. The first-order valence-electron chi connectivity index (χ1n) is 10.5. The number of rotatable bonds is 5. The van der Waals surface area contributed by atoms with E-state index in [9.17, 15) is 4.79 Å². The summed E-state index contributed by atoms with van der Waals surface area (Å²) in [6, 6.07) is 0. The number of hydrogen-bond acceptors (Lipinski definition) is 1. The highest BCUT2D eigenvalue weighted by molar-refractivity contribution is 5.91. The van der Waals surface area contributed by atoms with Gasteiger partial charge in [-0.15, -0.1) is 0 Å². The zero-order valence-corrected chi connectivity index (χ0v) is 15.2. The molecule has 0 aliphatic heterocycles. The average molecular weight is 317 g/mol. The van der Waals surface area contributed by atoms with Crippen molar-refractivity contribution in [1.29, 1.82) is 0 Å². The third-order valence-electron chi connectivity index (χ3n) is 7.06. The summed E-state index contributed by atoms with van der Waals surface area (Å²) in [4.78, 5) is 11.7. The molecular formula is C22H36O. The molecule has 3 rings (SSSR count). The molecule has 1 heteroatoms. The van der Waals surface area contributed by atoms with Crippen LogP contribution in [0.1, 0.15) is 96.8 Å². The normalized spacial score (nSPS) is 35.9. The van der Waals surface area contributed by atoms with Crippen molar-refractivity contribution in [2.45, 2.75) is 96.8 Å². The van der Waals surface area contributed by atoms with E-state index in [-0.39, 0.29) is 0 Å². The van der Waals surface area contributed by atoms with Crippen LogP contribution >= 0.6 is 0 Å². The molecule has 130 valence electrons. The van der Waals surface area contributed by atoms with E-state index in [0.29, 0.717) is 5.78 Å². The van der Waals surface area contributed by atoms with E-state index in [4.69, 9.17) is 0 Å². The van der Waals surface area contributed by atoms with Gasteiger partial charge in [-0.3, -0.25) is 4.79 Å². The fraction of sp³-hybridized carbons (Fsp3) is 0.864. The zero-order valence-electron chi connectivity index (χ0n) is 15.2. The Morgan fingerprint density at radius 1 is 0.913 bits per heavy atom. The molecule has 0 radical (unpaired) electrons. The summed E-state index contributed by atoms with van der Waals surface area (Å²) in [5, 5.41) is 0. The van der Waals surface area contributed by atoms with Gasteiger partial charge in [0.05, 0.1) is 0 Å². The maximum Gasteiger partial charge on any atom is 0.155 e. The van der Waals surface area contributed by atoms with Gasteiger partial charge in [0.15, 0.2) is 5.78 Å². The molecule has 0 unspecified atom stereocenters.